The number of likely N-dealkylation sites (tertiary alicyclic amines) is 1. The highest BCUT2D eigenvalue weighted by molar-refractivity contribution is 5.94. The van der Waals surface area contributed by atoms with Gasteiger partial charge in [0.2, 0.25) is 0 Å². The lowest BCUT2D eigenvalue weighted by atomic mass is 10.0. The van der Waals surface area contributed by atoms with Crippen LogP contribution < -0.4 is 5.32 Å². The molecule has 0 radical (unpaired) electrons. The summed E-state index contributed by atoms with van der Waals surface area (Å²) in [6.07, 6.45) is 2.27. The zero-order chi connectivity index (χ0) is 13.8. The van der Waals surface area contributed by atoms with Crippen LogP contribution in [0.15, 0.2) is 18.2 Å². The summed E-state index contributed by atoms with van der Waals surface area (Å²) in [5.74, 6) is -0.866. The zero-order valence-corrected chi connectivity index (χ0v) is 11.6. The number of likely N-dealkylation sites (N-methyl/N-ethyl adjacent to an activating group) is 1. The molecule has 0 saturated carbocycles. The second-order valence-electron chi connectivity index (χ2n) is 5.23. The first-order chi connectivity index (χ1) is 9.10. The molecule has 0 aromatic heterocycles. The summed E-state index contributed by atoms with van der Waals surface area (Å²) in [6, 6.07) is 5.90. The van der Waals surface area contributed by atoms with E-state index in [2.05, 4.69) is 17.1 Å². The molecule has 4 nitrogen and oxygen atoms in total. The van der Waals surface area contributed by atoms with E-state index in [-0.39, 0.29) is 0 Å². The van der Waals surface area contributed by atoms with Gasteiger partial charge in [0.25, 0.3) is 0 Å². The average Bonchev–Trinajstić information content (AvgIpc) is 2.41. The molecule has 1 aromatic carbocycles. The van der Waals surface area contributed by atoms with E-state index in [0.717, 1.165) is 37.3 Å². The molecule has 4 heteroatoms. The lowest BCUT2D eigenvalue weighted by Crippen LogP contribution is -2.42. The minimum absolute atomic E-state index is 0.342. The number of hydrogen-bond acceptors (Lipinski definition) is 3. The number of anilines is 1. The van der Waals surface area contributed by atoms with Crippen LogP contribution >= 0.6 is 0 Å². The van der Waals surface area contributed by atoms with E-state index in [1.54, 1.807) is 6.07 Å². The summed E-state index contributed by atoms with van der Waals surface area (Å²) < 4.78 is 0. The van der Waals surface area contributed by atoms with Crippen molar-refractivity contribution < 1.29 is 9.90 Å². The second kappa shape index (κ2) is 6.06. The number of nitrogens with zero attached hydrogens (tertiary/aromatic N) is 1. The lowest BCUT2D eigenvalue weighted by Gasteiger charge is -2.33. The Balaban J connectivity index is 2.12. The fourth-order valence-electron chi connectivity index (χ4n) is 2.64. The first-order valence-corrected chi connectivity index (χ1v) is 6.93. The molecule has 1 saturated heterocycles. The van der Waals surface area contributed by atoms with Crippen molar-refractivity contribution in [2.24, 2.45) is 0 Å². The molecule has 1 unspecified atom stereocenters. The third-order valence-electron chi connectivity index (χ3n) is 3.72. The molecule has 0 spiro atoms. The molecular weight excluding hydrogens is 240 g/mol. The Morgan fingerprint density at radius 2 is 2.32 bits per heavy atom. The summed E-state index contributed by atoms with van der Waals surface area (Å²) in [7, 11) is 0. The van der Waals surface area contributed by atoms with E-state index < -0.39 is 5.97 Å². The van der Waals surface area contributed by atoms with Crippen molar-refractivity contribution in [1.29, 1.82) is 0 Å². The van der Waals surface area contributed by atoms with Crippen LogP contribution in [0.3, 0.4) is 0 Å². The van der Waals surface area contributed by atoms with Gasteiger partial charge in [-0.05, 0) is 45.0 Å². The molecule has 1 aromatic rings. The van der Waals surface area contributed by atoms with Crippen LogP contribution in [-0.4, -0.2) is 41.7 Å². The van der Waals surface area contributed by atoms with Crippen molar-refractivity contribution in [1.82, 2.24) is 4.90 Å². The quantitative estimate of drug-likeness (QED) is 0.875. The molecule has 1 heterocycles. The van der Waals surface area contributed by atoms with Gasteiger partial charge in [-0.15, -0.1) is 0 Å². The zero-order valence-electron chi connectivity index (χ0n) is 11.6. The highest BCUT2D eigenvalue weighted by atomic mass is 16.4. The third-order valence-corrected chi connectivity index (χ3v) is 3.72. The largest absolute Gasteiger partial charge is 0.478 e. The molecule has 1 aliphatic rings. The molecule has 1 atom stereocenters. The molecule has 19 heavy (non-hydrogen) atoms. The number of nitrogens with one attached hydrogen (secondary N) is 1. The van der Waals surface area contributed by atoms with Crippen molar-refractivity contribution >= 4 is 11.7 Å². The predicted octanol–water partition coefficient (Wildman–Crippen LogP) is 2.59. The predicted molar refractivity (Wildman–Crippen MR) is 76.9 cm³/mol. The Hall–Kier alpha value is -1.55. The Morgan fingerprint density at radius 3 is 3.00 bits per heavy atom. The molecule has 0 aliphatic carbocycles. The molecule has 0 amide bonds. The maximum absolute atomic E-state index is 11.3. The first-order valence-electron chi connectivity index (χ1n) is 6.93. The monoisotopic (exact) mass is 262 g/mol. The summed E-state index contributed by atoms with van der Waals surface area (Å²) >= 11 is 0. The second-order valence-corrected chi connectivity index (χ2v) is 5.23. The average molecular weight is 262 g/mol. The summed E-state index contributed by atoms with van der Waals surface area (Å²) in [5, 5.41) is 12.7. The highest BCUT2D eigenvalue weighted by Crippen LogP contribution is 2.21. The van der Waals surface area contributed by atoms with Gasteiger partial charge < -0.3 is 15.3 Å². The van der Waals surface area contributed by atoms with Crippen LogP contribution in [0.4, 0.5) is 5.69 Å². The van der Waals surface area contributed by atoms with Gasteiger partial charge >= 0.3 is 5.97 Å². The van der Waals surface area contributed by atoms with Gasteiger partial charge in [0.05, 0.1) is 5.56 Å². The number of hydrogen-bond donors (Lipinski definition) is 2. The molecule has 0 bridgehead atoms. The summed E-state index contributed by atoms with van der Waals surface area (Å²) in [6.45, 7) is 7.27. The van der Waals surface area contributed by atoms with Crippen LogP contribution in [0.5, 0.6) is 0 Å². The molecular formula is C15H22N2O2. The van der Waals surface area contributed by atoms with E-state index >= 15 is 0 Å². The van der Waals surface area contributed by atoms with Crippen molar-refractivity contribution in [3.63, 3.8) is 0 Å². The maximum atomic E-state index is 11.3. The molecule has 2 rings (SSSR count). The number of benzene rings is 1. The van der Waals surface area contributed by atoms with Gasteiger partial charge in [0, 0.05) is 18.3 Å². The first kappa shape index (κ1) is 13.9. The topological polar surface area (TPSA) is 52.6 Å². The van der Waals surface area contributed by atoms with E-state index in [1.165, 1.54) is 6.42 Å². The fraction of sp³-hybridized carbons (Fsp3) is 0.533. The van der Waals surface area contributed by atoms with Gasteiger partial charge in [0.15, 0.2) is 0 Å². The summed E-state index contributed by atoms with van der Waals surface area (Å²) in [5.41, 5.74) is 2.08. The van der Waals surface area contributed by atoms with Gasteiger partial charge in [0.1, 0.15) is 0 Å². The molecule has 1 fully saturated rings. The van der Waals surface area contributed by atoms with Crippen LogP contribution in [0.25, 0.3) is 0 Å². The number of aryl methyl sites for hydroxylation is 1. The molecule has 104 valence electrons. The number of aromatic carboxylic acids is 1. The molecule has 1 aliphatic heterocycles. The van der Waals surface area contributed by atoms with Crippen molar-refractivity contribution in [3.05, 3.63) is 29.3 Å². The Labute approximate surface area is 114 Å². The minimum atomic E-state index is -0.866. The van der Waals surface area contributed by atoms with Crippen molar-refractivity contribution in [2.75, 3.05) is 25.0 Å². The van der Waals surface area contributed by atoms with E-state index in [1.807, 2.05) is 19.1 Å². The smallest absolute Gasteiger partial charge is 0.337 e. The van der Waals surface area contributed by atoms with Crippen LogP contribution in [0, 0.1) is 6.92 Å². The van der Waals surface area contributed by atoms with Crippen LogP contribution in [-0.2, 0) is 0 Å². The Morgan fingerprint density at radius 1 is 1.53 bits per heavy atom. The highest BCUT2D eigenvalue weighted by Gasteiger charge is 2.20. The number of carboxylic acids is 1. The van der Waals surface area contributed by atoms with Gasteiger partial charge in [-0.25, -0.2) is 4.79 Å². The Kier molecular flexibility index (Phi) is 4.43. The number of carbonyl (C=O) groups is 1. The van der Waals surface area contributed by atoms with E-state index in [4.69, 9.17) is 0 Å². The van der Waals surface area contributed by atoms with Crippen LogP contribution in [0.1, 0.15) is 35.7 Å². The maximum Gasteiger partial charge on any atom is 0.337 e. The van der Waals surface area contributed by atoms with E-state index in [0.29, 0.717) is 11.6 Å². The van der Waals surface area contributed by atoms with Crippen LogP contribution in [0.2, 0.25) is 0 Å². The number of piperidine rings is 1. The Bertz CT molecular complexity index is 459. The number of rotatable bonds is 4. The van der Waals surface area contributed by atoms with E-state index in [9.17, 15) is 9.90 Å². The summed E-state index contributed by atoms with van der Waals surface area (Å²) in [4.78, 5) is 13.7. The normalized spacial score (nSPS) is 20.2. The standard InChI is InChI=1S/C15H22N2O2/c1-3-17-8-4-5-12(10-17)16-14-7-6-11(2)9-13(14)15(18)19/h6-7,9,12,16H,3-5,8,10H2,1-2H3,(H,18,19). The number of carboxylic acid groups (broad SMARTS) is 1. The lowest BCUT2D eigenvalue weighted by molar-refractivity contribution is 0.0697. The van der Waals surface area contributed by atoms with Crippen molar-refractivity contribution in [2.45, 2.75) is 32.7 Å². The SMILES string of the molecule is CCN1CCCC(Nc2ccc(C)cc2C(=O)O)C1. The van der Waals surface area contributed by atoms with Crippen molar-refractivity contribution in [3.8, 4) is 0 Å². The van der Waals surface area contributed by atoms with Gasteiger partial charge in [-0.2, -0.15) is 0 Å². The third kappa shape index (κ3) is 3.47. The fourth-order valence-corrected chi connectivity index (χ4v) is 2.64. The molecule has 2 N–H and O–H groups in total. The van der Waals surface area contributed by atoms with Gasteiger partial charge in [-0.1, -0.05) is 18.6 Å². The minimum Gasteiger partial charge on any atom is -0.478 e. The van der Waals surface area contributed by atoms with Gasteiger partial charge in [-0.3, -0.25) is 0 Å².